The van der Waals surface area contributed by atoms with Gasteiger partial charge >= 0.3 is 5.97 Å². The number of carbonyl (C=O) groups is 1. The Kier molecular flexibility index (Phi) is 6.16. The lowest BCUT2D eigenvalue weighted by Crippen LogP contribution is -2.33. The summed E-state index contributed by atoms with van der Waals surface area (Å²) in [6, 6.07) is 4.70. The topological polar surface area (TPSA) is 93.7 Å². The van der Waals surface area contributed by atoms with Gasteiger partial charge in [-0.15, -0.1) is 0 Å². The Hall–Kier alpha value is -1.64. The molecule has 0 amide bonds. The number of esters is 1. The molecular weight excluding hydrogens is 356 g/mol. The first-order chi connectivity index (χ1) is 12.5. The minimum absolute atomic E-state index is 0.200. The number of sulfonamides is 1. The molecule has 1 saturated heterocycles. The summed E-state index contributed by atoms with van der Waals surface area (Å²) >= 11 is 0. The van der Waals surface area contributed by atoms with Gasteiger partial charge in [0.1, 0.15) is 5.75 Å². The maximum Gasteiger partial charge on any atom is 0.347 e. The van der Waals surface area contributed by atoms with E-state index in [1.54, 1.807) is 19.1 Å². The van der Waals surface area contributed by atoms with Crippen LogP contribution in [0.15, 0.2) is 23.1 Å². The maximum atomic E-state index is 12.5. The molecule has 0 spiro atoms. The van der Waals surface area contributed by atoms with E-state index in [4.69, 9.17) is 9.47 Å². The summed E-state index contributed by atoms with van der Waals surface area (Å²) < 4.78 is 38.3. The largest absolute Gasteiger partial charge is 0.478 e. The highest BCUT2D eigenvalue weighted by atomic mass is 32.2. The maximum absolute atomic E-state index is 12.5. The van der Waals surface area contributed by atoms with Gasteiger partial charge in [0.25, 0.3) is 0 Å². The second kappa shape index (κ2) is 8.37. The molecule has 0 radical (unpaired) electrons. The van der Waals surface area contributed by atoms with Gasteiger partial charge in [-0.05, 0) is 69.0 Å². The van der Waals surface area contributed by atoms with Gasteiger partial charge in [-0.3, -0.25) is 0 Å². The van der Waals surface area contributed by atoms with Crippen LogP contribution in [0.1, 0.15) is 31.7 Å². The van der Waals surface area contributed by atoms with Crippen LogP contribution >= 0.6 is 0 Å². The van der Waals surface area contributed by atoms with E-state index in [1.165, 1.54) is 6.07 Å². The van der Waals surface area contributed by atoms with Crippen LogP contribution < -0.4 is 14.8 Å². The van der Waals surface area contributed by atoms with Crippen molar-refractivity contribution in [2.24, 2.45) is 5.92 Å². The number of rotatable bonds is 7. The number of benzene rings is 1. The summed E-state index contributed by atoms with van der Waals surface area (Å²) in [6.07, 6.45) is 2.73. The molecule has 2 heterocycles. The van der Waals surface area contributed by atoms with Crippen LogP contribution in [0.3, 0.4) is 0 Å². The Morgan fingerprint density at radius 3 is 3.00 bits per heavy atom. The molecule has 1 fully saturated rings. The molecule has 26 heavy (non-hydrogen) atoms. The molecule has 0 bridgehead atoms. The number of piperidine rings is 1. The first-order valence-corrected chi connectivity index (χ1v) is 10.6. The highest BCUT2D eigenvalue weighted by Gasteiger charge is 2.31. The van der Waals surface area contributed by atoms with E-state index in [0.717, 1.165) is 32.4 Å². The van der Waals surface area contributed by atoms with Gasteiger partial charge < -0.3 is 14.8 Å². The third-order valence-electron chi connectivity index (χ3n) is 4.81. The van der Waals surface area contributed by atoms with Crippen LogP contribution in [0.4, 0.5) is 0 Å². The van der Waals surface area contributed by atoms with E-state index in [-0.39, 0.29) is 11.5 Å². The lowest BCUT2D eigenvalue weighted by molar-refractivity contribution is -0.150. The molecule has 8 heteroatoms. The van der Waals surface area contributed by atoms with Gasteiger partial charge in [-0.2, -0.15) is 0 Å². The summed E-state index contributed by atoms with van der Waals surface area (Å²) in [5.41, 5.74) is 0.711. The molecule has 3 rings (SSSR count). The molecule has 2 atom stereocenters. The van der Waals surface area contributed by atoms with Crippen molar-refractivity contribution in [2.45, 2.75) is 43.6 Å². The zero-order chi connectivity index (χ0) is 18.6. The van der Waals surface area contributed by atoms with Crippen LogP contribution in [0.25, 0.3) is 0 Å². The Labute approximate surface area is 154 Å². The van der Waals surface area contributed by atoms with Crippen molar-refractivity contribution in [3.8, 4) is 5.75 Å². The molecule has 2 aliphatic rings. The SMILES string of the molecule is CCOC(=O)C1Cc2cc(S(=O)(=O)NCCC3CCCNC3)ccc2O1. The molecule has 0 aromatic heterocycles. The van der Waals surface area contributed by atoms with Crippen molar-refractivity contribution in [2.75, 3.05) is 26.2 Å². The molecule has 144 valence electrons. The van der Waals surface area contributed by atoms with Gasteiger partial charge in [0, 0.05) is 13.0 Å². The van der Waals surface area contributed by atoms with Gasteiger partial charge in [0.15, 0.2) is 6.10 Å². The quantitative estimate of drug-likeness (QED) is 0.689. The smallest absolute Gasteiger partial charge is 0.347 e. The highest BCUT2D eigenvalue weighted by molar-refractivity contribution is 7.89. The molecular formula is C18H26N2O5S. The number of nitrogens with one attached hydrogen (secondary N) is 2. The fourth-order valence-corrected chi connectivity index (χ4v) is 4.51. The number of ether oxygens (including phenoxy) is 2. The zero-order valence-corrected chi connectivity index (χ0v) is 15.8. The van der Waals surface area contributed by atoms with Gasteiger partial charge in [-0.25, -0.2) is 17.9 Å². The average Bonchev–Trinajstić information content (AvgIpc) is 3.06. The molecule has 2 aliphatic heterocycles. The predicted octanol–water partition coefficient (Wildman–Crippen LogP) is 1.22. The minimum Gasteiger partial charge on any atom is -0.478 e. The molecule has 2 unspecified atom stereocenters. The zero-order valence-electron chi connectivity index (χ0n) is 15.0. The van der Waals surface area contributed by atoms with Crippen molar-refractivity contribution in [1.82, 2.24) is 10.0 Å². The molecule has 7 nitrogen and oxygen atoms in total. The average molecular weight is 382 g/mol. The highest BCUT2D eigenvalue weighted by Crippen LogP contribution is 2.31. The summed E-state index contributed by atoms with van der Waals surface area (Å²) in [6.45, 7) is 4.45. The van der Waals surface area contributed by atoms with Crippen LogP contribution in [-0.2, 0) is 26.0 Å². The van der Waals surface area contributed by atoms with Crippen molar-refractivity contribution in [1.29, 1.82) is 0 Å². The fourth-order valence-electron chi connectivity index (χ4n) is 3.41. The van der Waals surface area contributed by atoms with E-state index in [1.807, 2.05) is 0 Å². The van der Waals surface area contributed by atoms with E-state index >= 15 is 0 Å². The number of hydrogen-bond acceptors (Lipinski definition) is 6. The summed E-state index contributed by atoms with van der Waals surface area (Å²) in [4.78, 5) is 12.0. The van der Waals surface area contributed by atoms with E-state index in [0.29, 0.717) is 30.2 Å². The van der Waals surface area contributed by atoms with Crippen molar-refractivity contribution >= 4 is 16.0 Å². The van der Waals surface area contributed by atoms with E-state index in [9.17, 15) is 13.2 Å². The lowest BCUT2D eigenvalue weighted by atomic mass is 9.96. The van der Waals surface area contributed by atoms with Gasteiger partial charge in [0.2, 0.25) is 10.0 Å². The van der Waals surface area contributed by atoms with Crippen molar-refractivity contribution in [3.63, 3.8) is 0 Å². The first kappa shape index (κ1) is 19.1. The predicted molar refractivity (Wildman–Crippen MR) is 96.6 cm³/mol. The molecule has 1 aromatic rings. The number of carbonyl (C=O) groups excluding carboxylic acids is 1. The molecule has 0 saturated carbocycles. The normalized spacial score (nSPS) is 22.5. The fraction of sp³-hybridized carbons (Fsp3) is 0.611. The van der Waals surface area contributed by atoms with E-state index in [2.05, 4.69) is 10.0 Å². The van der Waals surface area contributed by atoms with Crippen LogP contribution in [0, 0.1) is 5.92 Å². The lowest BCUT2D eigenvalue weighted by Gasteiger charge is -2.22. The first-order valence-electron chi connectivity index (χ1n) is 9.16. The van der Waals surface area contributed by atoms with Gasteiger partial charge in [-0.1, -0.05) is 0 Å². The van der Waals surface area contributed by atoms with Crippen LogP contribution in [0.5, 0.6) is 5.75 Å². The molecule has 0 aliphatic carbocycles. The standard InChI is InChI=1S/C18H26N2O5S/c1-2-24-18(21)17-11-14-10-15(5-6-16(14)25-17)26(22,23)20-9-7-13-4-3-8-19-12-13/h5-6,10,13,17,19-20H,2-4,7-9,11-12H2,1H3. The minimum atomic E-state index is -3.57. The monoisotopic (exact) mass is 382 g/mol. The Morgan fingerprint density at radius 1 is 1.42 bits per heavy atom. The number of fused-ring (bicyclic) bond motifs is 1. The van der Waals surface area contributed by atoms with Crippen LogP contribution in [0.2, 0.25) is 0 Å². The Morgan fingerprint density at radius 2 is 2.27 bits per heavy atom. The summed E-state index contributed by atoms with van der Waals surface area (Å²) in [7, 11) is -3.57. The molecule has 2 N–H and O–H groups in total. The Balaban J connectivity index is 1.59. The third kappa shape index (κ3) is 4.55. The van der Waals surface area contributed by atoms with Gasteiger partial charge in [0.05, 0.1) is 11.5 Å². The summed E-state index contributed by atoms with van der Waals surface area (Å²) in [5, 5.41) is 3.34. The van der Waals surface area contributed by atoms with E-state index < -0.39 is 22.1 Å². The second-order valence-electron chi connectivity index (χ2n) is 6.73. The Bertz CT molecular complexity index is 744. The van der Waals surface area contributed by atoms with Crippen LogP contribution in [-0.4, -0.2) is 46.7 Å². The second-order valence-corrected chi connectivity index (χ2v) is 8.50. The third-order valence-corrected chi connectivity index (χ3v) is 6.27. The summed E-state index contributed by atoms with van der Waals surface area (Å²) in [5.74, 6) is 0.632. The van der Waals surface area contributed by atoms with Crippen molar-refractivity contribution < 1.29 is 22.7 Å². The van der Waals surface area contributed by atoms with Crippen molar-refractivity contribution in [3.05, 3.63) is 23.8 Å². The number of hydrogen-bond donors (Lipinski definition) is 2. The molecule has 1 aromatic carbocycles.